The van der Waals surface area contributed by atoms with Crippen LogP contribution in [-0.2, 0) is 16.1 Å². The van der Waals surface area contributed by atoms with Crippen LogP contribution in [0.1, 0.15) is 31.2 Å². The predicted octanol–water partition coefficient (Wildman–Crippen LogP) is 1.17. The molecule has 3 heterocycles. The van der Waals surface area contributed by atoms with E-state index < -0.39 is 0 Å². The Balaban J connectivity index is 1.07. The summed E-state index contributed by atoms with van der Waals surface area (Å²) in [6.45, 7) is 3.76. The highest BCUT2D eigenvalue weighted by Crippen LogP contribution is 2.33. The van der Waals surface area contributed by atoms with E-state index in [4.69, 9.17) is 0 Å². The molecule has 0 aromatic heterocycles. The van der Waals surface area contributed by atoms with Crippen LogP contribution in [0.3, 0.4) is 0 Å². The van der Waals surface area contributed by atoms with Crippen molar-refractivity contribution in [2.75, 3.05) is 38.5 Å². The fourth-order valence-electron chi connectivity index (χ4n) is 4.63. The fourth-order valence-corrected chi connectivity index (χ4v) is 6.18. The molecule has 32 heavy (non-hydrogen) atoms. The third-order valence-electron chi connectivity index (χ3n) is 6.49. The van der Waals surface area contributed by atoms with E-state index in [0.717, 1.165) is 43.7 Å². The highest BCUT2D eigenvalue weighted by Gasteiger charge is 2.42. The van der Waals surface area contributed by atoms with Crippen LogP contribution < -0.4 is 16.0 Å². The van der Waals surface area contributed by atoms with E-state index in [1.165, 1.54) is 0 Å². The van der Waals surface area contributed by atoms with Crippen molar-refractivity contribution in [3.63, 3.8) is 0 Å². The molecule has 4 rings (SSSR count). The number of benzene rings is 1. The lowest BCUT2D eigenvalue weighted by molar-refractivity contribution is -0.133. The molecule has 0 saturated carbocycles. The molecule has 3 saturated heterocycles. The summed E-state index contributed by atoms with van der Waals surface area (Å²) in [4.78, 5) is 40.3. The van der Waals surface area contributed by atoms with Gasteiger partial charge in [0.1, 0.15) is 0 Å². The standard InChI is InChI=1S/C23H33N5O3S/c29-20(24-14-17-6-2-1-3-7-17)15-27-10-12-28(13-11-27)21(30)9-5-4-8-19-22-18(16-32-19)25-23(31)26-22/h1-3,6-7,18-19,22H,4-5,8-16H2,(H,24,29)(H2,25,26,31)/t18-,19-,22-/m0/s1. The van der Waals surface area contributed by atoms with Crippen LogP contribution in [0.2, 0.25) is 0 Å². The second-order valence-corrected chi connectivity index (χ2v) is 10.1. The van der Waals surface area contributed by atoms with Crippen LogP contribution in [0.15, 0.2) is 30.3 Å². The third kappa shape index (κ3) is 6.16. The number of carbonyl (C=O) groups is 3. The van der Waals surface area contributed by atoms with Gasteiger partial charge in [-0.2, -0.15) is 11.8 Å². The van der Waals surface area contributed by atoms with Gasteiger partial charge in [-0.05, 0) is 18.4 Å². The molecular formula is C23H33N5O3S. The van der Waals surface area contributed by atoms with Gasteiger partial charge < -0.3 is 20.9 Å². The van der Waals surface area contributed by atoms with Crippen molar-refractivity contribution in [2.45, 2.75) is 49.6 Å². The Bertz CT molecular complexity index is 800. The van der Waals surface area contributed by atoms with Crippen LogP contribution in [0, 0.1) is 0 Å². The summed E-state index contributed by atoms with van der Waals surface area (Å²) in [5.74, 6) is 1.21. The molecule has 1 aromatic rings. The van der Waals surface area contributed by atoms with E-state index in [9.17, 15) is 14.4 Å². The van der Waals surface area contributed by atoms with Crippen molar-refractivity contribution in [2.24, 2.45) is 0 Å². The molecule has 0 unspecified atom stereocenters. The number of fused-ring (bicyclic) bond motifs is 1. The third-order valence-corrected chi connectivity index (χ3v) is 8.00. The fraction of sp³-hybridized carbons (Fsp3) is 0.609. The van der Waals surface area contributed by atoms with E-state index in [-0.39, 0.29) is 29.9 Å². The van der Waals surface area contributed by atoms with Gasteiger partial charge in [-0.3, -0.25) is 14.5 Å². The second kappa shape index (κ2) is 11.0. The van der Waals surface area contributed by atoms with E-state index in [1.807, 2.05) is 47.0 Å². The van der Waals surface area contributed by atoms with Crippen molar-refractivity contribution in [1.29, 1.82) is 0 Å². The van der Waals surface area contributed by atoms with Gasteiger partial charge >= 0.3 is 6.03 Å². The Morgan fingerprint density at radius 2 is 1.84 bits per heavy atom. The summed E-state index contributed by atoms with van der Waals surface area (Å²) in [5.41, 5.74) is 1.09. The topological polar surface area (TPSA) is 93.8 Å². The first-order valence-corrected chi connectivity index (χ1v) is 12.6. The maximum absolute atomic E-state index is 12.6. The lowest BCUT2D eigenvalue weighted by Crippen LogP contribution is -2.51. The Morgan fingerprint density at radius 3 is 2.62 bits per heavy atom. The number of thioether (sulfide) groups is 1. The zero-order valence-electron chi connectivity index (χ0n) is 18.4. The summed E-state index contributed by atoms with van der Waals surface area (Å²) in [5, 5.41) is 9.40. The van der Waals surface area contributed by atoms with Gasteiger partial charge in [-0.1, -0.05) is 36.8 Å². The van der Waals surface area contributed by atoms with Gasteiger partial charge in [0.25, 0.3) is 0 Å². The summed E-state index contributed by atoms with van der Waals surface area (Å²) in [6.07, 6.45) is 3.50. The second-order valence-electron chi connectivity index (χ2n) is 8.79. The Morgan fingerprint density at radius 1 is 1.06 bits per heavy atom. The van der Waals surface area contributed by atoms with Crippen LogP contribution in [0.25, 0.3) is 0 Å². The summed E-state index contributed by atoms with van der Waals surface area (Å²) in [7, 11) is 0. The number of amides is 4. The number of urea groups is 1. The number of piperazine rings is 1. The predicted molar refractivity (Wildman–Crippen MR) is 125 cm³/mol. The first-order valence-electron chi connectivity index (χ1n) is 11.6. The van der Waals surface area contributed by atoms with Gasteiger partial charge in [0.15, 0.2) is 0 Å². The zero-order valence-corrected chi connectivity index (χ0v) is 19.2. The zero-order chi connectivity index (χ0) is 22.3. The number of nitrogens with one attached hydrogen (secondary N) is 3. The van der Waals surface area contributed by atoms with Crippen molar-refractivity contribution in [3.05, 3.63) is 35.9 Å². The Kier molecular flexibility index (Phi) is 7.91. The SMILES string of the molecule is O=C(CN1CCN(C(=O)CCCC[C@@H]2SC[C@@H]3NC(=O)N[C@@H]32)CC1)NCc1ccccc1. The van der Waals surface area contributed by atoms with E-state index in [2.05, 4.69) is 20.9 Å². The smallest absolute Gasteiger partial charge is 0.315 e. The number of rotatable bonds is 9. The largest absolute Gasteiger partial charge is 0.351 e. The minimum absolute atomic E-state index is 0.0225. The van der Waals surface area contributed by atoms with E-state index >= 15 is 0 Å². The van der Waals surface area contributed by atoms with Gasteiger partial charge in [0, 0.05) is 50.1 Å². The summed E-state index contributed by atoms with van der Waals surface area (Å²) in [6, 6.07) is 10.3. The number of unbranched alkanes of at least 4 members (excludes halogenated alkanes) is 1. The van der Waals surface area contributed by atoms with Gasteiger partial charge in [0.05, 0.1) is 18.6 Å². The normalized spacial score (nSPS) is 25.2. The molecule has 3 atom stereocenters. The Labute approximate surface area is 193 Å². The molecule has 3 aliphatic heterocycles. The highest BCUT2D eigenvalue weighted by molar-refractivity contribution is 8.00. The number of hydrogen-bond acceptors (Lipinski definition) is 5. The van der Waals surface area contributed by atoms with Crippen molar-refractivity contribution in [3.8, 4) is 0 Å². The summed E-state index contributed by atoms with van der Waals surface area (Å²) < 4.78 is 0. The minimum atomic E-state index is -0.0479. The quantitative estimate of drug-likeness (QED) is 0.381. The number of nitrogens with zero attached hydrogens (tertiary/aromatic N) is 2. The molecule has 1 aromatic carbocycles. The van der Waals surface area contributed by atoms with Crippen molar-refractivity contribution >= 4 is 29.6 Å². The molecule has 4 amide bonds. The van der Waals surface area contributed by atoms with Crippen LogP contribution in [-0.4, -0.2) is 83.5 Å². The maximum Gasteiger partial charge on any atom is 0.315 e. The molecule has 0 spiro atoms. The average Bonchev–Trinajstić information content (AvgIpc) is 3.35. The van der Waals surface area contributed by atoms with Crippen LogP contribution in [0.5, 0.6) is 0 Å². The van der Waals surface area contributed by atoms with Gasteiger partial charge in [-0.15, -0.1) is 0 Å². The average molecular weight is 460 g/mol. The molecule has 8 nitrogen and oxygen atoms in total. The summed E-state index contributed by atoms with van der Waals surface area (Å²) >= 11 is 1.92. The van der Waals surface area contributed by atoms with E-state index in [1.54, 1.807) is 0 Å². The molecule has 0 radical (unpaired) electrons. The van der Waals surface area contributed by atoms with Crippen LogP contribution >= 0.6 is 11.8 Å². The van der Waals surface area contributed by atoms with Crippen LogP contribution in [0.4, 0.5) is 4.79 Å². The molecular weight excluding hydrogens is 426 g/mol. The van der Waals surface area contributed by atoms with E-state index in [0.29, 0.717) is 37.8 Å². The maximum atomic E-state index is 12.6. The number of carbonyl (C=O) groups excluding carboxylic acids is 3. The first kappa shape index (κ1) is 22.9. The minimum Gasteiger partial charge on any atom is -0.351 e. The monoisotopic (exact) mass is 459 g/mol. The van der Waals surface area contributed by atoms with Crippen molar-refractivity contribution < 1.29 is 14.4 Å². The van der Waals surface area contributed by atoms with Gasteiger partial charge in [0.2, 0.25) is 11.8 Å². The van der Waals surface area contributed by atoms with Gasteiger partial charge in [-0.25, -0.2) is 4.79 Å². The lowest BCUT2D eigenvalue weighted by Gasteiger charge is -2.34. The molecule has 0 aliphatic carbocycles. The number of hydrogen-bond donors (Lipinski definition) is 3. The van der Waals surface area contributed by atoms with Crippen molar-refractivity contribution in [1.82, 2.24) is 25.8 Å². The molecule has 3 fully saturated rings. The lowest BCUT2D eigenvalue weighted by atomic mass is 10.0. The molecule has 3 N–H and O–H groups in total. The first-order chi connectivity index (χ1) is 15.6. The molecule has 0 bridgehead atoms. The molecule has 3 aliphatic rings. The Hall–Kier alpha value is -2.26. The highest BCUT2D eigenvalue weighted by atomic mass is 32.2. The molecule has 9 heteroatoms. The molecule has 174 valence electrons.